The first-order valence-electron chi connectivity index (χ1n) is 11.5. The monoisotopic (exact) mass is 479 g/mol. The Morgan fingerprint density at radius 1 is 1.21 bits per heavy atom. The van der Waals surface area contributed by atoms with Crippen molar-refractivity contribution in [3.8, 4) is 35.2 Å². The number of aromatic nitrogens is 2. The summed E-state index contributed by atoms with van der Waals surface area (Å²) >= 11 is 6.39. The van der Waals surface area contributed by atoms with Crippen LogP contribution >= 0.6 is 11.6 Å². The van der Waals surface area contributed by atoms with Gasteiger partial charge in [0.2, 0.25) is 5.88 Å². The van der Waals surface area contributed by atoms with Crippen LogP contribution in [0.3, 0.4) is 0 Å². The minimum atomic E-state index is -0.642. The summed E-state index contributed by atoms with van der Waals surface area (Å²) in [7, 11) is 1.87. The van der Waals surface area contributed by atoms with Crippen LogP contribution in [0.15, 0.2) is 54.6 Å². The van der Waals surface area contributed by atoms with E-state index in [1.807, 2.05) is 55.6 Å². The second-order valence-corrected chi connectivity index (χ2v) is 9.07. The number of ether oxygens (including phenoxy) is 2. The van der Waals surface area contributed by atoms with Crippen molar-refractivity contribution in [2.75, 3.05) is 26.3 Å². The number of halogens is 1. The number of aryl methyl sites for hydroxylation is 1. The number of para-hydroxylation sites is 1. The Kier molecular flexibility index (Phi) is 8.25. The molecule has 0 amide bonds. The molecular weight excluding hydrogens is 450 g/mol. The Balaban J connectivity index is 1.65. The molecule has 1 heterocycles. The van der Waals surface area contributed by atoms with Gasteiger partial charge in [0, 0.05) is 32.2 Å². The van der Waals surface area contributed by atoms with E-state index in [1.165, 1.54) is 12.8 Å². The number of nitrogens with zero attached hydrogens (tertiary/aromatic N) is 3. The van der Waals surface area contributed by atoms with Crippen LogP contribution in [0.1, 0.15) is 18.4 Å². The van der Waals surface area contributed by atoms with Crippen LogP contribution in [-0.4, -0.2) is 52.2 Å². The molecule has 0 bridgehead atoms. The molecule has 0 saturated heterocycles. The number of hydrogen-bond acceptors (Lipinski definition) is 5. The molecular formula is C27H30ClN3O3. The number of hydrogen-bond donors (Lipinski definition) is 1. The van der Waals surface area contributed by atoms with Crippen LogP contribution in [-0.2, 0) is 18.3 Å². The maximum absolute atomic E-state index is 10.6. The van der Waals surface area contributed by atoms with Crippen molar-refractivity contribution in [2.24, 2.45) is 13.0 Å². The summed E-state index contributed by atoms with van der Waals surface area (Å²) in [6.45, 7) is 2.32. The smallest absolute Gasteiger partial charge is 0.222 e. The van der Waals surface area contributed by atoms with Crippen molar-refractivity contribution in [3.63, 3.8) is 0 Å². The molecule has 0 aliphatic heterocycles. The highest BCUT2D eigenvalue weighted by Crippen LogP contribution is 2.37. The van der Waals surface area contributed by atoms with Crippen LogP contribution in [0.2, 0.25) is 5.02 Å². The standard InChI is InChI=1S/C27H30ClN3O3/c1-3-15-33-19-22(32)17-31(16-20-13-14-20)18-23-26(21-9-5-4-6-10-21)29-30(2)27(23)34-25-12-8-7-11-24(25)28/h1,4-12,20,22,32H,13-19H2,2H3/t22-/m0/s1. The SMILES string of the molecule is C#CCOC[C@@H](O)CN(Cc1c(-c2ccccc2)nn(C)c1Oc1ccccc1Cl)CC1CC1. The molecule has 4 rings (SSSR count). The maximum atomic E-state index is 10.6. The topological polar surface area (TPSA) is 59.8 Å². The molecule has 7 heteroatoms. The van der Waals surface area contributed by atoms with E-state index in [0.29, 0.717) is 35.7 Å². The molecule has 178 valence electrons. The van der Waals surface area contributed by atoms with Crippen molar-refractivity contribution in [1.29, 1.82) is 0 Å². The predicted molar refractivity (Wildman–Crippen MR) is 134 cm³/mol. The van der Waals surface area contributed by atoms with Gasteiger partial charge in [-0.25, -0.2) is 4.68 Å². The van der Waals surface area contributed by atoms with Crippen molar-refractivity contribution in [1.82, 2.24) is 14.7 Å². The molecule has 34 heavy (non-hydrogen) atoms. The third-order valence-electron chi connectivity index (χ3n) is 5.74. The predicted octanol–water partition coefficient (Wildman–Crippen LogP) is 4.76. The van der Waals surface area contributed by atoms with Gasteiger partial charge < -0.3 is 14.6 Å². The highest BCUT2D eigenvalue weighted by Gasteiger charge is 2.28. The number of rotatable bonds is 12. The van der Waals surface area contributed by atoms with Crippen LogP contribution in [0.25, 0.3) is 11.3 Å². The van der Waals surface area contributed by atoms with Gasteiger partial charge in [-0.1, -0.05) is 60.0 Å². The fourth-order valence-corrected chi connectivity index (χ4v) is 4.15. The van der Waals surface area contributed by atoms with E-state index in [2.05, 4.69) is 10.8 Å². The summed E-state index contributed by atoms with van der Waals surface area (Å²) in [6.07, 6.45) is 7.04. The van der Waals surface area contributed by atoms with E-state index in [1.54, 1.807) is 10.7 Å². The minimum Gasteiger partial charge on any atom is -0.437 e. The molecule has 1 saturated carbocycles. The van der Waals surface area contributed by atoms with Gasteiger partial charge in [-0.3, -0.25) is 4.90 Å². The molecule has 3 aromatic rings. The first kappa shape index (κ1) is 24.3. The first-order chi connectivity index (χ1) is 16.5. The number of aliphatic hydroxyl groups excluding tert-OH is 1. The second kappa shape index (κ2) is 11.5. The first-order valence-corrected chi connectivity index (χ1v) is 11.9. The quantitative estimate of drug-likeness (QED) is 0.300. The van der Waals surface area contributed by atoms with Gasteiger partial charge in [0.1, 0.15) is 18.1 Å². The number of terminal acetylenes is 1. The molecule has 1 atom stereocenters. The third kappa shape index (κ3) is 6.40. The fraction of sp³-hybridized carbons (Fsp3) is 0.370. The third-order valence-corrected chi connectivity index (χ3v) is 6.05. The fourth-order valence-electron chi connectivity index (χ4n) is 3.98. The van der Waals surface area contributed by atoms with Crippen molar-refractivity contribution >= 4 is 11.6 Å². The molecule has 1 aliphatic carbocycles. The average molecular weight is 480 g/mol. The van der Waals surface area contributed by atoms with Crippen molar-refractivity contribution < 1.29 is 14.6 Å². The van der Waals surface area contributed by atoms with Crippen molar-refractivity contribution in [2.45, 2.75) is 25.5 Å². The lowest BCUT2D eigenvalue weighted by Crippen LogP contribution is -2.36. The largest absolute Gasteiger partial charge is 0.437 e. The Bertz CT molecular complexity index is 1120. The summed E-state index contributed by atoms with van der Waals surface area (Å²) in [5.41, 5.74) is 2.81. The molecule has 1 N–H and O–H groups in total. The van der Waals surface area contributed by atoms with E-state index in [4.69, 9.17) is 32.6 Å². The Morgan fingerprint density at radius 3 is 2.65 bits per heavy atom. The van der Waals surface area contributed by atoms with E-state index in [-0.39, 0.29) is 13.2 Å². The molecule has 1 fully saturated rings. The summed E-state index contributed by atoms with van der Waals surface area (Å²) in [6, 6.07) is 17.5. The van der Waals surface area contributed by atoms with E-state index < -0.39 is 6.10 Å². The summed E-state index contributed by atoms with van der Waals surface area (Å²) in [5.74, 6) is 4.28. The second-order valence-electron chi connectivity index (χ2n) is 8.66. The normalized spacial score (nSPS) is 14.2. The Morgan fingerprint density at radius 2 is 1.94 bits per heavy atom. The maximum Gasteiger partial charge on any atom is 0.222 e. The lowest BCUT2D eigenvalue weighted by atomic mass is 10.1. The molecule has 1 aromatic heterocycles. The molecule has 2 aromatic carbocycles. The van der Waals surface area contributed by atoms with Crippen LogP contribution in [0, 0.1) is 18.3 Å². The molecule has 0 radical (unpaired) electrons. The minimum absolute atomic E-state index is 0.191. The molecule has 0 unspecified atom stereocenters. The summed E-state index contributed by atoms with van der Waals surface area (Å²) < 4.78 is 13.4. The zero-order valence-electron chi connectivity index (χ0n) is 19.4. The lowest BCUT2D eigenvalue weighted by molar-refractivity contribution is 0.0250. The Labute approximate surface area is 206 Å². The van der Waals surface area contributed by atoms with Gasteiger partial charge in [-0.2, -0.15) is 5.10 Å². The molecule has 6 nitrogen and oxygen atoms in total. The van der Waals surface area contributed by atoms with Gasteiger partial charge in [0.25, 0.3) is 0 Å². The van der Waals surface area contributed by atoms with E-state index in [0.717, 1.165) is 23.4 Å². The highest BCUT2D eigenvalue weighted by atomic mass is 35.5. The summed E-state index contributed by atoms with van der Waals surface area (Å²) in [4.78, 5) is 2.25. The Hall–Kier alpha value is -2.82. The highest BCUT2D eigenvalue weighted by molar-refractivity contribution is 6.32. The summed E-state index contributed by atoms with van der Waals surface area (Å²) in [5, 5.41) is 15.9. The van der Waals surface area contributed by atoms with E-state index in [9.17, 15) is 5.11 Å². The van der Waals surface area contributed by atoms with Gasteiger partial charge in [-0.15, -0.1) is 6.42 Å². The number of aliphatic hydroxyl groups is 1. The van der Waals surface area contributed by atoms with Gasteiger partial charge >= 0.3 is 0 Å². The van der Waals surface area contributed by atoms with Gasteiger partial charge in [0.15, 0.2) is 0 Å². The van der Waals surface area contributed by atoms with Crippen molar-refractivity contribution in [3.05, 3.63) is 65.2 Å². The number of benzene rings is 2. The lowest BCUT2D eigenvalue weighted by Gasteiger charge is -2.25. The molecule has 1 aliphatic rings. The van der Waals surface area contributed by atoms with Gasteiger partial charge in [0.05, 0.1) is 23.3 Å². The van der Waals surface area contributed by atoms with Gasteiger partial charge in [-0.05, 0) is 30.9 Å². The van der Waals surface area contributed by atoms with Crippen LogP contribution < -0.4 is 4.74 Å². The average Bonchev–Trinajstić information content (AvgIpc) is 3.60. The van der Waals surface area contributed by atoms with Crippen LogP contribution in [0.5, 0.6) is 11.6 Å². The van der Waals surface area contributed by atoms with E-state index >= 15 is 0 Å². The zero-order valence-corrected chi connectivity index (χ0v) is 20.1. The van der Waals surface area contributed by atoms with Crippen LogP contribution in [0.4, 0.5) is 0 Å². The molecule has 0 spiro atoms. The zero-order chi connectivity index (χ0) is 23.9.